The highest BCUT2D eigenvalue weighted by Gasteiger charge is 2.32. The number of carbonyl (C=O) groups excluding carboxylic acids is 2. The minimum absolute atomic E-state index is 0.0132. The average molecular weight is 395 g/mol. The average Bonchev–Trinajstić information content (AvgIpc) is 3.22. The molecule has 1 amide bonds. The molecule has 5 nitrogen and oxygen atoms in total. The van der Waals surface area contributed by atoms with Crippen LogP contribution in [0.15, 0.2) is 36.4 Å². The molecule has 0 aromatic heterocycles. The Morgan fingerprint density at radius 1 is 1.00 bits per heavy atom. The number of benzene rings is 2. The number of hydrogen-bond donors (Lipinski definition) is 0. The van der Waals surface area contributed by atoms with Gasteiger partial charge in [0.1, 0.15) is 11.5 Å². The second-order valence-corrected chi connectivity index (χ2v) is 7.58. The predicted molar refractivity (Wildman–Crippen MR) is 113 cm³/mol. The second kappa shape index (κ2) is 9.12. The molecule has 2 aromatic carbocycles. The Balaban J connectivity index is 1.68. The summed E-state index contributed by atoms with van der Waals surface area (Å²) in [5.74, 6) is 1.47. The van der Waals surface area contributed by atoms with Gasteiger partial charge in [0, 0.05) is 36.6 Å². The number of Topliss-reactive ketones (excluding diaryl/α,β-unsaturated/α-hetero) is 1. The Morgan fingerprint density at radius 2 is 1.79 bits per heavy atom. The standard InChI is InChI=1S/C24H29NO4/c1-16-7-8-18(14-17(16)2)22(26)11-12-24(27)25-13-5-6-21(25)20-10-9-19(28-3)15-23(20)29-4/h7-10,14-15,21H,5-6,11-13H2,1-4H3. The van der Waals surface area contributed by atoms with Crippen molar-refractivity contribution in [1.82, 2.24) is 4.90 Å². The lowest BCUT2D eigenvalue weighted by molar-refractivity contribution is -0.132. The maximum atomic E-state index is 12.9. The lowest BCUT2D eigenvalue weighted by Gasteiger charge is -2.26. The Kier molecular flexibility index (Phi) is 6.57. The van der Waals surface area contributed by atoms with E-state index in [1.165, 1.54) is 0 Å². The molecule has 5 heteroatoms. The summed E-state index contributed by atoms with van der Waals surface area (Å²) >= 11 is 0. The molecule has 1 fully saturated rings. The van der Waals surface area contributed by atoms with Crippen LogP contribution in [0.4, 0.5) is 0 Å². The van der Waals surface area contributed by atoms with Crippen molar-refractivity contribution in [3.05, 3.63) is 58.7 Å². The summed E-state index contributed by atoms with van der Waals surface area (Å²) in [6, 6.07) is 11.4. The molecule has 1 unspecified atom stereocenters. The topological polar surface area (TPSA) is 55.8 Å². The Hall–Kier alpha value is -2.82. The van der Waals surface area contributed by atoms with E-state index < -0.39 is 0 Å². The van der Waals surface area contributed by atoms with Gasteiger partial charge >= 0.3 is 0 Å². The van der Waals surface area contributed by atoms with Gasteiger partial charge in [0.15, 0.2) is 5.78 Å². The molecule has 0 N–H and O–H groups in total. The molecule has 0 saturated carbocycles. The molecule has 0 aliphatic carbocycles. The monoisotopic (exact) mass is 395 g/mol. The third-order valence-corrected chi connectivity index (χ3v) is 5.77. The van der Waals surface area contributed by atoms with Crippen molar-refractivity contribution in [3.63, 3.8) is 0 Å². The molecule has 1 aliphatic heterocycles. The van der Waals surface area contributed by atoms with Crippen molar-refractivity contribution in [2.75, 3.05) is 20.8 Å². The molecule has 1 aliphatic rings. The summed E-state index contributed by atoms with van der Waals surface area (Å²) in [5, 5.41) is 0. The van der Waals surface area contributed by atoms with E-state index in [2.05, 4.69) is 0 Å². The van der Waals surface area contributed by atoms with Gasteiger partial charge in [0.05, 0.1) is 20.3 Å². The van der Waals surface area contributed by atoms with Gasteiger partial charge in [0.25, 0.3) is 0 Å². The minimum atomic E-state index is -0.0277. The van der Waals surface area contributed by atoms with E-state index in [0.29, 0.717) is 12.1 Å². The zero-order chi connectivity index (χ0) is 21.0. The fourth-order valence-electron chi connectivity index (χ4n) is 3.91. The van der Waals surface area contributed by atoms with Gasteiger partial charge in [-0.1, -0.05) is 12.1 Å². The van der Waals surface area contributed by atoms with Crippen LogP contribution in [0.5, 0.6) is 11.5 Å². The first kappa shape index (κ1) is 20.9. The minimum Gasteiger partial charge on any atom is -0.497 e. The van der Waals surface area contributed by atoms with E-state index in [0.717, 1.165) is 41.0 Å². The van der Waals surface area contributed by atoms with Crippen molar-refractivity contribution in [3.8, 4) is 11.5 Å². The van der Waals surface area contributed by atoms with Crippen LogP contribution in [-0.4, -0.2) is 37.4 Å². The number of nitrogens with zero attached hydrogens (tertiary/aromatic N) is 1. The molecule has 3 rings (SSSR count). The molecule has 1 saturated heterocycles. The van der Waals surface area contributed by atoms with Crippen molar-refractivity contribution < 1.29 is 19.1 Å². The number of rotatable bonds is 7. The highest BCUT2D eigenvalue weighted by molar-refractivity contribution is 5.98. The Morgan fingerprint density at radius 3 is 2.48 bits per heavy atom. The number of carbonyl (C=O) groups is 2. The van der Waals surface area contributed by atoms with E-state index in [1.807, 2.05) is 55.1 Å². The number of likely N-dealkylation sites (tertiary alicyclic amines) is 1. The number of ether oxygens (including phenoxy) is 2. The largest absolute Gasteiger partial charge is 0.497 e. The van der Waals surface area contributed by atoms with Crippen LogP contribution in [-0.2, 0) is 4.79 Å². The van der Waals surface area contributed by atoms with E-state index in [4.69, 9.17) is 9.47 Å². The lowest BCUT2D eigenvalue weighted by Crippen LogP contribution is -2.31. The van der Waals surface area contributed by atoms with Crippen molar-refractivity contribution in [2.45, 2.75) is 45.6 Å². The highest BCUT2D eigenvalue weighted by Crippen LogP contribution is 2.39. The van der Waals surface area contributed by atoms with Gasteiger partial charge in [-0.05, 0) is 56.0 Å². The van der Waals surface area contributed by atoms with Crippen LogP contribution in [0, 0.1) is 13.8 Å². The highest BCUT2D eigenvalue weighted by atomic mass is 16.5. The van der Waals surface area contributed by atoms with E-state index in [-0.39, 0.29) is 30.6 Å². The predicted octanol–water partition coefficient (Wildman–Crippen LogP) is 4.65. The first-order valence-corrected chi connectivity index (χ1v) is 10.1. The number of hydrogen-bond acceptors (Lipinski definition) is 4. The van der Waals surface area contributed by atoms with Gasteiger partial charge in [-0.15, -0.1) is 0 Å². The van der Waals surface area contributed by atoms with Gasteiger partial charge < -0.3 is 14.4 Å². The number of methoxy groups -OCH3 is 2. The van der Waals surface area contributed by atoms with Crippen LogP contribution < -0.4 is 9.47 Å². The summed E-state index contributed by atoms with van der Waals surface area (Å²) in [4.78, 5) is 27.3. The van der Waals surface area contributed by atoms with Crippen LogP contribution in [0.2, 0.25) is 0 Å². The van der Waals surface area contributed by atoms with Crippen molar-refractivity contribution in [1.29, 1.82) is 0 Å². The van der Waals surface area contributed by atoms with Gasteiger partial charge in [-0.25, -0.2) is 0 Å². The molecule has 0 spiro atoms. The summed E-state index contributed by atoms with van der Waals surface area (Å²) in [7, 11) is 3.24. The van der Waals surface area contributed by atoms with Crippen molar-refractivity contribution >= 4 is 11.7 Å². The third kappa shape index (κ3) is 4.61. The second-order valence-electron chi connectivity index (χ2n) is 7.58. The SMILES string of the molecule is COc1ccc(C2CCCN2C(=O)CCC(=O)c2ccc(C)c(C)c2)c(OC)c1. The van der Waals surface area contributed by atoms with Gasteiger partial charge in [0.2, 0.25) is 5.91 Å². The van der Waals surface area contributed by atoms with E-state index in [1.54, 1.807) is 14.2 Å². The molecule has 0 bridgehead atoms. The number of aryl methyl sites for hydroxylation is 2. The van der Waals surface area contributed by atoms with Crippen molar-refractivity contribution in [2.24, 2.45) is 0 Å². The summed E-state index contributed by atoms with van der Waals surface area (Å²) in [6.45, 7) is 4.72. The van der Waals surface area contributed by atoms with Crippen LogP contribution in [0.1, 0.15) is 58.8 Å². The zero-order valence-corrected chi connectivity index (χ0v) is 17.7. The first-order chi connectivity index (χ1) is 13.9. The Labute approximate surface area is 172 Å². The molecule has 29 heavy (non-hydrogen) atoms. The van der Waals surface area contributed by atoms with E-state index >= 15 is 0 Å². The fourth-order valence-corrected chi connectivity index (χ4v) is 3.91. The van der Waals surface area contributed by atoms with Crippen LogP contribution >= 0.6 is 0 Å². The normalized spacial score (nSPS) is 16.0. The maximum absolute atomic E-state index is 12.9. The summed E-state index contributed by atoms with van der Waals surface area (Å²) < 4.78 is 10.8. The smallest absolute Gasteiger partial charge is 0.223 e. The molecule has 1 heterocycles. The van der Waals surface area contributed by atoms with E-state index in [9.17, 15) is 9.59 Å². The van der Waals surface area contributed by atoms with Gasteiger partial charge in [-0.2, -0.15) is 0 Å². The molecular weight excluding hydrogens is 366 g/mol. The quantitative estimate of drug-likeness (QED) is 0.641. The molecular formula is C24H29NO4. The molecule has 1 atom stereocenters. The maximum Gasteiger partial charge on any atom is 0.223 e. The summed E-state index contributed by atoms with van der Waals surface area (Å²) in [6.07, 6.45) is 2.28. The summed E-state index contributed by atoms with van der Waals surface area (Å²) in [5.41, 5.74) is 3.91. The fraction of sp³-hybridized carbons (Fsp3) is 0.417. The number of amides is 1. The molecule has 0 radical (unpaired) electrons. The Bertz CT molecular complexity index is 906. The van der Waals surface area contributed by atoms with Crippen LogP contribution in [0.3, 0.4) is 0 Å². The van der Waals surface area contributed by atoms with Crippen LogP contribution in [0.25, 0.3) is 0 Å². The molecule has 2 aromatic rings. The number of ketones is 1. The molecule has 154 valence electrons. The first-order valence-electron chi connectivity index (χ1n) is 10.1. The van der Waals surface area contributed by atoms with Gasteiger partial charge in [-0.3, -0.25) is 9.59 Å². The third-order valence-electron chi connectivity index (χ3n) is 5.77. The zero-order valence-electron chi connectivity index (χ0n) is 17.7. The lowest BCUT2D eigenvalue weighted by atomic mass is 10.0.